The lowest BCUT2D eigenvalue weighted by Gasteiger charge is -2.11. The van der Waals surface area contributed by atoms with Gasteiger partial charge in [-0.25, -0.2) is 0 Å². The molecule has 1 aliphatic rings. The molecule has 0 saturated heterocycles. The Morgan fingerprint density at radius 2 is 2.00 bits per heavy atom. The van der Waals surface area contributed by atoms with Gasteiger partial charge in [0.1, 0.15) is 0 Å². The van der Waals surface area contributed by atoms with Crippen LogP contribution in [0.1, 0.15) is 12.5 Å². The van der Waals surface area contributed by atoms with Crippen molar-refractivity contribution in [1.29, 1.82) is 0 Å². The highest BCUT2D eigenvalue weighted by atomic mass is 16.5. The van der Waals surface area contributed by atoms with Gasteiger partial charge < -0.3 is 4.74 Å². The van der Waals surface area contributed by atoms with E-state index in [4.69, 9.17) is 4.74 Å². The van der Waals surface area contributed by atoms with Crippen molar-refractivity contribution in [2.24, 2.45) is 0 Å². The summed E-state index contributed by atoms with van der Waals surface area (Å²) in [4.78, 5) is 0. The van der Waals surface area contributed by atoms with Crippen molar-refractivity contribution in [1.82, 2.24) is 0 Å². The predicted octanol–water partition coefficient (Wildman–Crippen LogP) is 3.09. The highest BCUT2D eigenvalue weighted by Crippen LogP contribution is 2.16. The second kappa shape index (κ2) is 4.25. The van der Waals surface area contributed by atoms with Gasteiger partial charge in [0.05, 0.1) is 12.7 Å². The number of hydrogen-bond acceptors (Lipinski definition) is 1. The minimum absolute atomic E-state index is 0.176. The third kappa shape index (κ3) is 2.12. The molecular formula is C13H14O. The maximum Gasteiger partial charge on any atom is 0.0974 e. The zero-order valence-electron chi connectivity index (χ0n) is 8.31. The molecule has 1 heteroatoms. The van der Waals surface area contributed by atoms with Crippen molar-refractivity contribution in [2.45, 2.75) is 19.6 Å². The minimum Gasteiger partial charge on any atom is -0.365 e. The van der Waals surface area contributed by atoms with Gasteiger partial charge in [-0.05, 0) is 18.1 Å². The molecule has 0 saturated carbocycles. The van der Waals surface area contributed by atoms with Gasteiger partial charge in [-0.1, -0.05) is 48.6 Å². The molecule has 1 atom stereocenters. The molecule has 0 heterocycles. The molecular weight excluding hydrogens is 172 g/mol. The van der Waals surface area contributed by atoms with E-state index in [0.29, 0.717) is 6.61 Å². The molecule has 1 aliphatic carbocycles. The summed E-state index contributed by atoms with van der Waals surface area (Å²) in [5, 5.41) is 0. The Kier molecular flexibility index (Phi) is 2.80. The third-order valence-electron chi connectivity index (χ3n) is 2.37. The SMILES string of the molecule is CC1=CC=CC1OCc1ccccc1. The van der Waals surface area contributed by atoms with Crippen LogP contribution < -0.4 is 0 Å². The topological polar surface area (TPSA) is 9.23 Å². The van der Waals surface area contributed by atoms with Gasteiger partial charge in [0, 0.05) is 0 Å². The fourth-order valence-electron chi connectivity index (χ4n) is 1.50. The molecule has 0 aromatic heterocycles. The molecule has 1 aromatic carbocycles. The molecule has 0 aliphatic heterocycles. The summed E-state index contributed by atoms with van der Waals surface area (Å²) in [6, 6.07) is 10.2. The zero-order chi connectivity index (χ0) is 9.80. The number of rotatable bonds is 3. The summed E-state index contributed by atoms with van der Waals surface area (Å²) >= 11 is 0. The smallest absolute Gasteiger partial charge is 0.0974 e. The van der Waals surface area contributed by atoms with E-state index in [-0.39, 0.29) is 6.10 Å². The molecule has 72 valence electrons. The van der Waals surface area contributed by atoms with E-state index in [2.05, 4.69) is 31.2 Å². The number of allylic oxidation sites excluding steroid dienone is 2. The summed E-state index contributed by atoms with van der Waals surface area (Å²) in [5.41, 5.74) is 2.50. The monoisotopic (exact) mass is 186 g/mol. The first-order valence-electron chi connectivity index (χ1n) is 4.87. The predicted molar refractivity (Wildman–Crippen MR) is 57.9 cm³/mol. The minimum atomic E-state index is 0.176. The van der Waals surface area contributed by atoms with Gasteiger partial charge in [-0.15, -0.1) is 0 Å². The zero-order valence-corrected chi connectivity index (χ0v) is 8.31. The van der Waals surface area contributed by atoms with Gasteiger partial charge in [0.2, 0.25) is 0 Å². The lowest BCUT2D eigenvalue weighted by molar-refractivity contribution is 0.0960. The van der Waals surface area contributed by atoms with Crippen LogP contribution in [-0.2, 0) is 11.3 Å². The Bertz CT molecular complexity index is 349. The van der Waals surface area contributed by atoms with Crippen LogP contribution in [0.2, 0.25) is 0 Å². The summed E-state index contributed by atoms with van der Waals surface area (Å²) in [6.45, 7) is 2.77. The Morgan fingerprint density at radius 3 is 2.64 bits per heavy atom. The fourth-order valence-corrected chi connectivity index (χ4v) is 1.50. The van der Waals surface area contributed by atoms with Crippen molar-refractivity contribution in [3.8, 4) is 0 Å². The number of hydrogen-bond donors (Lipinski definition) is 0. The van der Waals surface area contributed by atoms with Crippen molar-refractivity contribution in [3.05, 3.63) is 59.7 Å². The number of ether oxygens (including phenoxy) is 1. The Labute approximate surface area is 84.7 Å². The Morgan fingerprint density at radius 1 is 1.21 bits per heavy atom. The van der Waals surface area contributed by atoms with Gasteiger partial charge in [0.25, 0.3) is 0 Å². The maximum atomic E-state index is 5.75. The van der Waals surface area contributed by atoms with E-state index in [1.807, 2.05) is 24.3 Å². The van der Waals surface area contributed by atoms with E-state index in [9.17, 15) is 0 Å². The normalized spacial score (nSPS) is 19.8. The molecule has 14 heavy (non-hydrogen) atoms. The molecule has 0 fully saturated rings. The molecule has 1 nitrogen and oxygen atoms in total. The van der Waals surface area contributed by atoms with Gasteiger partial charge in [-0.3, -0.25) is 0 Å². The van der Waals surface area contributed by atoms with Crippen LogP contribution >= 0.6 is 0 Å². The standard InChI is InChI=1S/C13H14O/c1-11-6-5-9-13(11)14-10-12-7-3-2-4-8-12/h2-9,13H,10H2,1H3. The molecule has 0 amide bonds. The second-order valence-corrected chi connectivity index (χ2v) is 3.51. The van der Waals surface area contributed by atoms with E-state index < -0.39 is 0 Å². The summed E-state index contributed by atoms with van der Waals surface area (Å²) < 4.78 is 5.75. The van der Waals surface area contributed by atoms with Crippen LogP contribution in [0.5, 0.6) is 0 Å². The van der Waals surface area contributed by atoms with Crippen molar-refractivity contribution < 1.29 is 4.74 Å². The van der Waals surface area contributed by atoms with Crippen LogP contribution in [0.15, 0.2) is 54.1 Å². The van der Waals surface area contributed by atoms with Crippen LogP contribution in [0.4, 0.5) is 0 Å². The molecule has 0 spiro atoms. The van der Waals surface area contributed by atoms with Crippen molar-refractivity contribution >= 4 is 0 Å². The van der Waals surface area contributed by atoms with Gasteiger partial charge in [-0.2, -0.15) is 0 Å². The van der Waals surface area contributed by atoms with E-state index in [1.54, 1.807) is 0 Å². The Balaban J connectivity index is 1.89. The van der Waals surface area contributed by atoms with E-state index >= 15 is 0 Å². The van der Waals surface area contributed by atoms with E-state index in [1.165, 1.54) is 11.1 Å². The first kappa shape index (κ1) is 9.22. The van der Waals surface area contributed by atoms with Crippen LogP contribution in [0.3, 0.4) is 0 Å². The summed E-state index contributed by atoms with van der Waals surface area (Å²) in [7, 11) is 0. The summed E-state index contributed by atoms with van der Waals surface area (Å²) in [6.07, 6.45) is 6.40. The Hall–Kier alpha value is -1.34. The average molecular weight is 186 g/mol. The third-order valence-corrected chi connectivity index (χ3v) is 2.37. The molecule has 2 rings (SSSR count). The highest BCUT2D eigenvalue weighted by Gasteiger charge is 2.10. The highest BCUT2D eigenvalue weighted by molar-refractivity contribution is 5.27. The molecule has 1 unspecified atom stereocenters. The van der Waals surface area contributed by atoms with Crippen molar-refractivity contribution in [2.75, 3.05) is 0 Å². The molecule has 0 N–H and O–H groups in total. The average Bonchev–Trinajstić information content (AvgIpc) is 2.63. The van der Waals surface area contributed by atoms with Gasteiger partial charge >= 0.3 is 0 Å². The largest absolute Gasteiger partial charge is 0.365 e. The fraction of sp³-hybridized carbons (Fsp3) is 0.231. The summed E-state index contributed by atoms with van der Waals surface area (Å²) in [5.74, 6) is 0. The molecule has 0 radical (unpaired) electrons. The number of benzene rings is 1. The quantitative estimate of drug-likeness (QED) is 0.704. The van der Waals surface area contributed by atoms with E-state index in [0.717, 1.165) is 0 Å². The maximum absolute atomic E-state index is 5.75. The molecule has 0 bridgehead atoms. The van der Waals surface area contributed by atoms with Crippen LogP contribution in [0.25, 0.3) is 0 Å². The van der Waals surface area contributed by atoms with Crippen LogP contribution in [0, 0.1) is 0 Å². The first-order chi connectivity index (χ1) is 6.86. The lowest BCUT2D eigenvalue weighted by atomic mass is 10.2. The molecule has 1 aromatic rings. The second-order valence-electron chi connectivity index (χ2n) is 3.51. The lowest BCUT2D eigenvalue weighted by Crippen LogP contribution is -2.08. The van der Waals surface area contributed by atoms with Crippen molar-refractivity contribution in [3.63, 3.8) is 0 Å². The van der Waals surface area contributed by atoms with Gasteiger partial charge in [0.15, 0.2) is 0 Å². The van der Waals surface area contributed by atoms with Crippen LogP contribution in [-0.4, -0.2) is 6.10 Å². The first-order valence-corrected chi connectivity index (χ1v) is 4.87.